The Morgan fingerprint density at radius 1 is 1.20 bits per heavy atom. The van der Waals surface area contributed by atoms with Gasteiger partial charge in [-0.25, -0.2) is 4.98 Å². The molecule has 3 rings (SSSR count). The summed E-state index contributed by atoms with van der Waals surface area (Å²) in [6.45, 7) is 6.95. The predicted octanol–water partition coefficient (Wildman–Crippen LogP) is 3.61. The molecule has 0 saturated carbocycles. The Bertz CT molecular complexity index is 941. The molecule has 1 amide bonds. The van der Waals surface area contributed by atoms with Gasteiger partial charge < -0.3 is 9.80 Å². The van der Waals surface area contributed by atoms with Gasteiger partial charge in [-0.3, -0.25) is 14.2 Å². The zero-order valence-corrected chi connectivity index (χ0v) is 19.4. The molecule has 6 nitrogen and oxygen atoms in total. The van der Waals surface area contributed by atoms with Crippen LogP contribution < -0.4 is 10.5 Å². The van der Waals surface area contributed by atoms with Crippen molar-refractivity contribution in [3.63, 3.8) is 0 Å². The maximum atomic E-state index is 13.3. The SMILES string of the molecule is CCCC(Sc1nc(CC)cc(=O)n1C)C(=O)N1CCN(c2cccc(Cl)c2)CC1. The number of nitrogens with zero attached hydrogens (tertiary/aromatic N) is 4. The van der Waals surface area contributed by atoms with Crippen LogP contribution in [-0.2, 0) is 18.3 Å². The summed E-state index contributed by atoms with van der Waals surface area (Å²) in [5.41, 5.74) is 1.77. The number of amides is 1. The van der Waals surface area contributed by atoms with E-state index in [2.05, 4.69) is 16.8 Å². The van der Waals surface area contributed by atoms with Gasteiger partial charge >= 0.3 is 0 Å². The molecule has 0 N–H and O–H groups in total. The van der Waals surface area contributed by atoms with E-state index in [0.717, 1.165) is 42.3 Å². The molecule has 0 spiro atoms. The first-order valence-electron chi connectivity index (χ1n) is 10.5. The van der Waals surface area contributed by atoms with Gasteiger partial charge in [0.15, 0.2) is 5.16 Å². The van der Waals surface area contributed by atoms with Crippen molar-refractivity contribution in [3.8, 4) is 0 Å². The van der Waals surface area contributed by atoms with Crippen molar-refractivity contribution in [3.05, 3.63) is 51.4 Å². The van der Waals surface area contributed by atoms with E-state index in [9.17, 15) is 9.59 Å². The molecule has 2 heterocycles. The minimum atomic E-state index is -0.238. The van der Waals surface area contributed by atoms with E-state index < -0.39 is 0 Å². The fourth-order valence-corrected chi connectivity index (χ4v) is 4.99. The van der Waals surface area contributed by atoms with Crippen LogP contribution in [0, 0.1) is 0 Å². The Balaban J connectivity index is 1.69. The van der Waals surface area contributed by atoms with Crippen molar-refractivity contribution in [1.82, 2.24) is 14.5 Å². The molecule has 1 atom stereocenters. The molecule has 1 saturated heterocycles. The number of carbonyl (C=O) groups excluding carboxylic acids is 1. The summed E-state index contributed by atoms with van der Waals surface area (Å²) in [7, 11) is 1.72. The molecule has 0 bridgehead atoms. The number of hydrogen-bond acceptors (Lipinski definition) is 5. The summed E-state index contributed by atoms with van der Waals surface area (Å²) in [5.74, 6) is 0.128. The third-order valence-corrected chi connectivity index (χ3v) is 6.88. The molecule has 1 unspecified atom stereocenters. The lowest BCUT2D eigenvalue weighted by Gasteiger charge is -2.37. The van der Waals surface area contributed by atoms with Crippen molar-refractivity contribution in [2.45, 2.75) is 43.5 Å². The summed E-state index contributed by atoms with van der Waals surface area (Å²) < 4.78 is 1.54. The molecule has 1 aliphatic rings. The number of carbonyl (C=O) groups is 1. The summed E-state index contributed by atoms with van der Waals surface area (Å²) >= 11 is 7.53. The highest BCUT2D eigenvalue weighted by molar-refractivity contribution is 8.00. The first kappa shape index (κ1) is 22.7. The average molecular weight is 449 g/mol. The second-order valence-corrected chi connectivity index (χ2v) is 9.07. The molecule has 1 aromatic carbocycles. The number of halogens is 1. The number of piperazine rings is 1. The molecule has 1 fully saturated rings. The molecule has 1 aliphatic heterocycles. The third-order valence-electron chi connectivity index (χ3n) is 5.35. The van der Waals surface area contributed by atoms with Gasteiger partial charge in [-0.05, 0) is 31.0 Å². The highest BCUT2D eigenvalue weighted by Crippen LogP contribution is 2.27. The summed E-state index contributed by atoms with van der Waals surface area (Å²) in [6, 6.07) is 9.39. The summed E-state index contributed by atoms with van der Waals surface area (Å²) in [5, 5.41) is 1.10. The number of benzene rings is 1. The number of thioether (sulfide) groups is 1. The fraction of sp³-hybridized carbons (Fsp3) is 0.500. The van der Waals surface area contributed by atoms with Crippen LogP contribution in [0.2, 0.25) is 5.02 Å². The number of aryl methyl sites for hydroxylation is 1. The van der Waals surface area contributed by atoms with Gasteiger partial charge in [-0.1, -0.05) is 49.7 Å². The van der Waals surface area contributed by atoms with Crippen molar-refractivity contribution in [2.24, 2.45) is 7.05 Å². The van der Waals surface area contributed by atoms with Crippen LogP contribution in [-0.4, -0.2) is 51.8 Å². The molecule has 30 heavy (non-hydrogen) atoms. The number of hydrogen-bond donors (Lipinski definition) is 0. The van der Waals surface area contributed by atoms with Crippen LogP contribution in [0.4, 0.5) is 5.69 Å². The molecule has 1 aromatic heterocycles. The van der Waals surface area contributed by atoms with E-state index in [4.69, 9.17) is 11.6 Å². The Kier molecular flexibility index (Phi) is 7.83. The van der Waals surface area contributed by atoms with E-state index in [1.807, 2.05) is 36.1 Å². The lowest BCUT2D eigenvalue weighted by molar-refractivity contribution is -0.131. The molecule has 0 aliphatic carbocycles. The topological polar surface area (TPSA) is 58.4 Å². The van der Waals surface area contributed by atoms with Crippen LogP contribution in [0.1, 0.15) is 32.4 Å². The first-order valence-corrected chi connectivity index (χ1v) is 11.7. The van der Waals surface area contributed by atoms with Gasteiger partial charge in [0.05, 0.1) is 5.25 Å². The lowest BCUT2D eigenvalue weighted by atomic mass is 10.2. The molecular weight excluding hydrogens is 420 g/mol. The zero-order valence-electron chi connectivity index (χ0n) is 17.8. The predicted molar refractivity (Wildman–Crippen MR) is 124 cm³/mol. The number of anilines is 1. The van der Waals surface area contributed by atoms with Crippen LogP contribution in [0.15, 0.2) is 40.3 Å². The van der Waals surface area contributed by atoms with Crippen molar-refractivity contribution < 1.29 is 4.79 Å². The highest BCUT2D eigenvalue weighted by atomic mass is 35.5. The monoisotopic (exact) mass is 448 g/mol. The second-order valence-electron chi connectivity index (χ2n) is 7.47. The van der Waals surface area contributed by atoms with Crippen LogP contribution in [0.3, 0.4) is 0 Å². The molecular formula is C22H29ClN4O2S. The van der Waals surface area contributed by atoms with Crippen molar-refractivity contribution >= 4 is 35.0 Å². The lowest BCUT2D eigenvalue weighted by Crippen LogP contribution is -2.51. The quantitative estimate of drug-likeness (QED) is 0.478. The van der Waals surface area contributed by atoms with Crippen LogP contribution in [0.25, 0.3) is 0 Å². The first-order chi connectivity index (χ1) is 14.4. The second kappa shape index (κ2) is 10.4. The van der Waals surface area contributed by atoms with Crippen LogP contribution in [0.5, 0.6) is 0 Å². The Morgan fingerprint density at radius 2 is 1.93 bits per heavy atom. The maximum absolute atomic E-state index is 13.3. The Labute approximate surface area is 187 Å². The van der Waals surface area contributed by atoms with Gasteiger partial charge in [0.25, 0.3) is 5.56 Å². The normalized spacial score (nSPS) is 15.3. The van der Waals surface area contributed by atoms with Gasteiger partial charge in [-0.2, -0.15) is 0 Å². The largest absolute Gasteiger partial charge is 0.368 e. The van der Waals surface area contributed by atoms with E-state index in [1.165, 1.54) is 16.3 Å². The number of aromatic nitrogens is 2. The molecule has 2 aromatic rings. The number of rotatable bonds is 7. The zero-order chi connectivity index (χ0) is 21.7. The van der Waals surface area contributed by atoms with Crippen molar-refractivity contribution in [2.75, 3.05) is 31.1 Å². The highest BCUT2D eigenvalue weighted by Gasteiger charge is 2.29. The third kappa shape index (κ3) is 5.38. The van der Waals surface area contributed by atoms with E-state index >= 15 is 0 Å². The standard InChI is InChI=1S/C22H29ClN4O2S/c1-4-7-19(30-22-24-17(5-2)15-20(28)25(22)3)21(29)27-12-10-26(11-13-27)18-9-6-8-16(23)14-18/h6,8-9,14-15,19H,4-5,7,10-13H2,1-3H3. The summed E-state index contributed by atoms with van der Waals surface area (Å²) in [6.07, 6.45) is 2.35. The van der Waals surface area contributed by atoms with Gasteiger partial charge in [-0.15, -0.1) is 0 Å². The minimum absolute atomic E-state index is 0.0813. The Morgan fingerprint density at radius 3 is 2.57 bits per heavy atom. The molecule has 162 valence electrons. The summed E-state index contributed by atoms with van der Waals surface area (Å²) in [4.78, 5) is 34.3. The van der Waals surface area contributed by atoms with Gasteiger partial charge in [0.2, 0.25) is 5.91 Å². The molecule has 0 radical (unpaired) electrons. The van der Waals surface area contributed by atoms with E-state index in [1.54, 1.807) is 13.1 Å². The van der Waals surface area contributed by atoms with Gasteiger partial charge in [0.1, 0.15) is 0 Å². The van der Waals surface area contributed by atoms with Crippen LogP contribution >= 0.6 is 23.4 Å². The average Bonchev–Trinajstić information content (AvgIpc) is 2.76. The Hall–Kier alpha value is -1.99. The van der Waals surface area contributed by atoms with E-state index in [0.29, 0.717) is 24.7 Å². The van der Waals surface area contributed by atoms with Gasteiger partial charge in [0, 0.05) is 55.7 Å². The minimum Gasteiger partial charge on any atom is -0.368 e. The van der Waals surface area contributed by atoms with Crippen molar-refractivity contribution in [1.29, 1.82) is 0 Å². The molecule has 8 heteroatoms. The maximum Gasteiger partial charge on any atom is 0.254 e. The smallest absolute Gasteiger partial charge is 0.254 e. The fourth-order valence-electron chi connectivity index (χ4n) is 3.53. The van der Waals surface area contributed by atoms with E-state index in [-0.39, 0.29) is 16.7 Å².